The number of aliphatic hydroxyl groups excluding tert-OH is 1. The molecule has 0 aromatic heterocycles. The zero-order chi connectivity index (χ0) is 9.68. The van der Waals surface area contributed by atoms with Gasteiger partial charge in [-0.1, -0.05) is 12.8 Å². The molecule has 0 aliphatic heterocycles. The standard InChI is InChI=1S/C10H22N2O/c1-12(2)8-10(13)7-11-6-5-9-3-4-9/h9-11,13H,3-8H2,1-2H3. The molecule has 0 radical (unpaired) electrons. The minimum Gasteiger partial charge on any atom is -0.390 e. The topological polar surface area (TPSA) is 35.5 Å². The average molecular weight is 186 g/mol. The minimum atomic E-state index is -0.228. The second kappa shape index (κ2) is 5.58. The SMILES string of the molecule is CN(C)CC(O)CNCCC1CC1. The van der Waals surface area contributed by atoms with E-state index in [0.717, 1.165) is 25.6 Å². The first kappa shape index (κ1) is 11.0. The van der Waals surface area contributed by atoms with Gasteiger partial charge >= 0.3 is 0 Å². The summed E-state index contributed by atoms with van der Waals surface area (Å²) in [6.07, 6.45) is 3.90. The lowest BCUT2D eigenvalue weighted by molar-refractivity contribution is 0.135. The van der Waals surface area contributed by atoms with Crippen molar-refractivity contribution >= 4 is 0 Å². The molecule has 1 fully saturated rings. The summed E-state index contributed by atoms with van der Waals surface area (Å²) in [5.74, 6) is 0.985. The summed E-state index contributed by atoms with van der Waals surface area (Å²) in [6, 6.07) is 0. The van der Waals surface area contributed by atoms with Crippen LogP contribution in [0.1, 0.15) is 19.3 Å². The van der Waals surface area contributed by atoms with Crippen molar-refractivity contribution < 1.29 is 5.11 Å². The van der Waals surface area contributed by atoms with E-state index in [1.807, 2.05) is 19.0 Å². The molecule has 0 aromatic rings. The highest BCUT2D eigenvalue weighted by molar-refractivity contribution is 4.74. The van der Waals surface area contributed by atoms with Crippen molar-refractivity contribution in [3.05, 3.63) is 0 Å². The molecule has 1 atom stereocenters. The molecule has 0 amide bonds. The predicted molar refractivity (Wildman–Crippen MR) is 54.8 cm³/mol. The molecule has 2 N–H and O–H groups in total. The summed E-state index contributed by atoms with van der Waals surface area (Å²) in [6.45, 7) is 2.54. The smallest absolute Gasteiger partial charge is 0.0791 e. The van der Waals surface area contributed by atoms with Crippen LogP contribution in [0, 0.1) is 5.92 Å². The highest BCUT2D eigenvalue weighted by Crippen LogP contribution is 2.31. The van der Waals surface area contributed by atoms with Crippen molar-refractivity contribution in [2.75, 3.05) is 33.7 Å². The second-order valence-electron chi connectivity index (χ2n) is 4.35. The summed E-state index contributed by atoms with van der Waals surface area (Å²) in [5.41, 5.74) is 0. The molecule has 0 aromatic carbocycles. The number of hydrogen-bond acceptors (Lipinski definition) is 3. The van der Waals surface area contributed by atoms with E-state index < -0.39 is 0 Å². The van der Waals surface area contributed by atoms with Gasteiger partial charge in [-0.25, -0.2) is 0 Å². The van der Waals surface area contributed by atoms with Gasteiger partial charge in [0.25, 0.3) is 0 Å². The van der Waals surface area contributed by atoms with Crippen molar-refractivity contribution in [1.82, 2.24) is 10.2 Å². The van der Waals surface area contributed by atoms with Crippen LogP contribution in [0.5, 0.6) is 0 Å². The first-order valence-electron chi connectivity index (χ1n) is 5.22. The Kier molecular flexibility index (Phi) is 4.70. The normalized spacial score (nSPS) is 19.4. The summed E-state index contributed by atoms with van der Waals surface area (Å²) in [4.78, 5) is 2.01. The van der Waals surface area contributed by atoms with Crippen LogP contribution in [-0.2, 0) is 0 Å². The van der Waals surface area contributed by atoms with Gasteiger partial charge in [0.1, 0.15) is 0 Å². The Morgan fingerprint density at radius 2 is 2.15 bits per heavy atom. The number of nitrogens with one attached hydrogen (secondary N) is 1. The largest absolute Gasteiger partial charge is 0.390 e. The first-order chi connectivity index (χ1) is 6.18. The lowest BCUT2D eigenvalue weighted by Gasteiger charge is -2.16. The monoisotopic (exact) mass is 186 g/mol. The molecule has 0 bridgehead atoms. The zero-order valence-corrected chi connectivity index (χ0v) is 8.79. The molecule has 1 rings (SSSR count). The number of aliphatic hydroxyl groups is 1. The van der Waals surface area contributed by atoms with Crippen LogP contribution < -0.4 is 5.32 Å². The molecule has 1 aliphatic rings. The predicted octanol–water partition coefficient (Wildman–Crippen LogP) is 0.299. The van der Waals surface area contributed by atoms with E-state index in [4.69, 9.17) is 0 Å². The summed E-state index contributed by atoms with van der Waals surface area (Å²) in [7, 11) is 3.96. The molecule has 1 unspecified atom stereocenters. The number of likely N-dealkylation sites (N-methyl/N-ethyl adjacent to an activating group) is 1. The zero-order valence-electron chi connectivity index (χ0n) is 8.79. The van der Waals surface area contributed by atoms with Crippen LogP contribution in [0.4, 0.5) is 0 Å². The third-order valence-corrected chi connectivity index (χ3v) is 2.38. The molecular formula is C10H22N2O. The highest BCUT2D eigenvalue weighted by Gasteiger charge is 2.20. The molecule has 0 saturated heterocycles. The van der Waals surface area contributed by atoms with Crippen molar-refractivity contribution in [1.29, 1.82) is 0 Å². The fraction of sp³-hybridized carbons (Fsp3) is 1.00. The lowest BCUT2D eigenvalue weighted by atomic mass is 10.3. The Labute approximate surface area is 81.1 Å². The molecule has 78 valence electrons. The third kappa shape index (κ3) is 6.02. The molecule has 1 saturated carbocycles. The van der Waals surface area contributed by atoms with Gasteiger partial charge in [0.05, 0.1) is 6.10 Å². The fourth-order valence-electron chi connectivity index (χ4n) is 1.47. The van der Waals surface area contributed by atoms with Gasteiger partial charge in [-0.05, 0) is 33.0 Å². The van der Waals surface area contributed by atoms with Crippen LogP contribution in [-0.4, -0.2) is 49.8 Å². The number of nitrogens with zero attached hydrogens (tertiary/aromatic N) is 1. The van der Waals surface area contributed by atoms with Crippen LogP contribution in [0.15, 0.2) is 0 Å². The molecule has 13 heavy (non-hydrogen) atoms. The van der Waals surface area contributed by atoms with Crippen molar-refractivity contribution in [2.24, 2.45) is 5.92 Å². The van der Waals surface area contributed by atoms with Gasteiger partial charge in [-0.2, -0.15) is 0 Å². The highest BCUT2D eigenvalue weighted by atomic mass is 16.3. The van der Waals surface area contributed by atoms with Crippen LogP contribution in [0.3, 0.4) is 0 Å². The third-order valence-electron chi connectivity index (χ3n) is 2.38. The summed E-state index contributed by atoms with van der Waals surface area (Å²) in [5, 5.41) is 12.8. The van der Waals surface area contributed by atoms with Gasteiger partial charge < -0.3 is 15.3 Å². The van der Waals surface area contributed by atoms with E-state index in [-0.39, 0.29) is 6.10 Å². The molecule has 3 nitrogen and oxygen atoms in total. The van der Waals surface area contributed by atoms with Gasteiger partial charge in [0, 0.05) is 13.1 Å². The Morgan fingerprint density at radius 1 is 1.46 bits per heavy atom. The van der Waals surface area contributed by atoms with E-state index in [0.29, 0.717) is 0 Å². The van der Waals surface area contributed by atoms with E-state index in [2.05, 4.69) is 5.32 Å². The van der Waals surface area contributed by atoms with Gasteiger partial charge in [-0.15, -0.1) is 0 Å². The second-order valence-corrected chi connectivity index (χ2v) is 4.35. The fourth-order valence-corrected chi connectivity index (χ4v) is 1.47. The van der Waals surface area contributed by atoms with Gasteiger partial charge in [0.2, 0.25) is 0 Å². The molecule has 3 heteroatoms. The van der Waals surface area contributed by atoms with Gasteiger partial charge in [0.15, 0.2) is 0 Å². The quantitative estimate of drug-likeness (QED) is 0.561. The molecule has 0 spiro atoms. The van der Waals surface area contributed by atoms with Crippen molar-refractivity contribution in [2.45, 2.75) is 25.4 Å². The number of hydrogen-bond donors (Lipinski definition) is 2. The van der Waals surface area contributed by atoms with E-state index in [1.165, 1.54) is 19.3 Å². The summed E-state index contributed by atoms with van der Waals surface area (Å²) < 4.78 is 0. The number of rotatable bonds is 7. The molecule has 0 heterocycles. The lowest BCUT2D eigenvalue weighted by Crippen LogP contribution is -2.35. The van der Waals surface area contributed by atoms with E-state index in [9.17, 15) is 5.11 Å². The minimum absolute atomic E-state index is 0.228. The van der Waals surface area contributed by atoms with Gasteiger partial charge in [-0.3, -0.25) is 0 Å². The van der Waals surface area contributed by atoms with Crippen LogP contribution in [0.25, 0.3) is 0 Å². The van der Waals surface area contributed by atoms with E-state index in [1.54, 1.807) is 0 Å². The Bertz CT molecular complexity index is 135. The Morgan fingerprint density at radius 3 is 2.69 bits per heavy atom. The molecule has 1 aliphatic carbocycles. The Hall–Kier alpha value is -0.120. The maximum absolute atomic E-state index is 9.50. The average Bonchev–Trinajstić information content (AvgIpc) is 2.80. The maximum Gasteiger partial charge on any atom is 0.0791 e. The van der Waals surface area contributed by atoms with Crippen molar-refractivity contribution in [3.63, 3.8) is 0 Å². The maximum atomic E-state index is 9.50. The molecular weight excluding hydrogens is 164 g/mol. The Balaban J connectivity index is 1.85. The van der Waals surface area contributed by atoms with E-state index >= 15 is 0 Å². The summed E-state index contributed by atoms with van der Waals surface area (Å²) >= 11 is 0. The van der Waals surface area contributed by atoms with Crippen molar-refractivity contribution in [3.8, 4) is 0 Å². The first-order valence-corrected chi connectivity index (χ1v) is 5.22. The van der Waals surface area contributed by atoms with Crippen LogP contribution >= 0.6 is 0 Å². The van der Waals surface area contributed by atoms with Crippen LogP contribution in [0.2, 0.25) is 0 Å².